The minimum absolute atomic E-state index is 0.184. The molecule has 1 unspecified atom stereocenters. The molecule has 0 saturated carbocycles. The van der Waals surface area contributed by atoms with Gasteiger partial charge in [0.1, 0.15) is 0 Å². The minimum atomic E-state index is -0.869. The summed E-state index contributed by atoms with van der Waals surface area (Å²) in [7, 11) is 0. The summed E-state index contributed by atoms with van der Waals surface area (Å²) in [5, 5.41) is 3.85. The Kier molecular flexibility index (Phi) is 4.40. The summed E-state index contributed by atoms with van der Waals surface area (Å²) in [6, 6.07) is 7.64. The summed E-state index contributed by atoms with van der Waals surface area (Å²) in [5.41, 5.74) is 6.63. The number of hydrogen-bond donors (Lipinski definition) is 2. The minimum Gasteiger partial charge on any atom is -0.323 e. The first kappa shape index (κ1) is 14.9. The number of nitrogens with two attached hydrogens (primary N) is 1. The molecule has 0 fully saturated rings. The van der Waals surface area contributed by atoms with Gasteiger partial charge in [-0.3, -0.25) is 9.78 Å². The molecule has 3 N–H and O–H groups in total. The van der Waals surface area contributed by atoms with Crippen LogP contribution in [0.15, 0.2) is 34.9 Å². The second-order valence-electron chi connectivity index (χ2n) is 5.15. The maximum Gasteiger partial charge on any atom is 0.244 e. The molecule has 0 radical (unpaired) electrons. The smallest absolute Gasteiger partial charge is 0.244 e. The number of pyridine rings is 1. The molecule has 0 aliphatic rings. The highest BCUT2D eigenvalue weighted by Crippen LogP contribution is 2.24. The molecule has 4 nitrogen and oxygen atoms in total. The molecule has 0 spiro atoms. The number of fused-ring (bicyclic) bond motifs is 1. The van der Waals surface area contributed by atoms with Gasteiger partial charge >= 0.3 is 0 Å². The number of nitrogens with one attached hydrogen (secondary N) is 1. The lowest BCUT2D eigenvalue weighted by atomic mass is 9.96. The van der Waals surface area contributed by atoms with E-state index in [1.54, 1.807) is 13.1 Å². The number of rotatable bonds is 4. The van der Waals surface area contributed by atoms with E-state index >= 15 is 0 Å². The van der Waals surface area contributed by atoms with Crippen LogP contribution in [0.4, 0.5) is 5.69 Å². The second-order valence-corrected chi connectivity index (χ2v) is 6.07. The van der Waals surface area contributed by atoms with Crippen LogP contribution in [-0.2, 0) is 4.79 Å². The molecule has 0 bridgehead atoms. The summed E-state index contributed by atoms with van der Waals surface area (Å²) >= 11 is 3.39. The fourth-order valence-corrected chi connectivity index (χ4v) is 2.48. The van der Waals surface area contributed by atoms with E-state index in [9.17, 15) is 4.79 Å². The Bertz CT molecular complexity index is 640. The van der Waals surface area contributed by atoms with Gasteiger partial charge in [-0.1, -0.05) is 25.5 Å². The van der Waals surface area contributed by atoms with E-state index in [-0.39, 0.29) is 5.91 Å². The maximum absolute atomic E-state index is 12.3. The number of hydrogen-bond acceptors (Lipinski definition) is 3. The predicted octanol–water partition coefficient (Wildman–Crippen LogP) is 3.45. The van der Waals surface area contributed by atoms with Crippen LogP contribution < -0.4 is 11.1 Å². The van der Waals surface area contributed by atoms with E-state index in [0.717, 1.165) is 21.8 Å². The molecule has 1 heterocycles. The van der Waals surface area contributed by atoms with E-state index < -0.39 is 5.54 Å². The average molecular weight is 336 g/mol. The maximum atomic E-state index is 12.3. The lowest BCUT2D eigenvalue weighted by Crippen LogP contribution is -2.48. The van der Waals surface area contributed by atoms with Crippen LogP contribution >= 0.6 is 15.9 Å². The average Bonchev–Trinajstić information content (AvgIpc) is 2.38. The number of carbonyl (C=O) groups is 1. The standard InChI is InChI=1S/C15H18BrN3O/c1-3-7-15(2,17)14(20)19-12-6-4-5-10-8-11(16)9-18-13(10)12/h4-6,8-9H,3,7,17H2,1-2H3,(H,19,20). The largest absolute Gasteiger partial charge is 0.323 e. The van der Waals surface area contributed by atoms with Crippen molar-refractivity contribution in [3.05, 3.63) is 34.9 Å². The molecule has 1 atom stereocenters. The van der Waals surface area contributed by atoms with Crippen LogP contribution in [0, 0.1) is 0 Å². The molecule has 1 amide bonds. The van der Waals surface area contributed by atoms with Crippen LogP contribution in [0.2, 0.25) is 0 Å². The number of carbonyl (C=O) groups excluding carboxylic acids is 1. The van der Waals surface area contributed by atoms with E-state index in [1.807, 2.05) is 31.2 Å². The molecule has 2 rings (SSSR count). The SMILES string of the molecule is CCCC(C)(N)C(=O)Nc1cccc2cc(Br)cnc12. The molecule has 20 heavy (non-hydrogen) atoms. The highest BCUT2D eigenvalue weighted by Gasteiger charge is 2.27. The molecule has 1 aromatic carbocycles. The summed E-state index contributed by atoms with van der Waals surface area (Å²) in [5.74, 6) is -0.184. The fraction of sp³-hybridized carbons (Fsp3) is 0.333. The molecular formula is C15H18BrN3O. The van der Waals surface area contributed by atoms with Crippen LogP contribution in [-0.4, -0.2) is 16.4 Å². The molecule has 5 heteroatoms. The molecule has 2 aromatic rings. The van der Waals surface area contributed by atoms with Crippen molar-refractivity contribution >= 4 is 38.4 Å². The number of nitrogens with zero attached hydrogens (tertiary/aromatic N) is 1. The Hall–Kier alpha value is -1.46. The first-order valence-corrected chi connectivity index (χ1v) is 7.38. The predicted molar refractivity (Wildman–Crippen MR) is 85.6 cm³/mol. The van der Waals surface area contributed by atoms with Crippen molar-refractivity contribution in [1.29, 1.82) is 0 Å². The monoisotopic (exact) mass is 335 g/mol. The van der Waals surface area contributed by atoms with Gasteiger partial charge in [-0.15, -0.1) is 0 Å². The van der Waals surface area contributed by atoms with E-state index in [4.69, 9.17) is 5.73 Å². The van der Waals surface area contributed by atoms with Gasteiger partial charge in [-0.05, 0) is 41.4 Å². The molecule has 0 aliphatic carbocycles. The third kappa shape index (κ3) is 3.16. The van der Waals surface area contributed by atoms with Crippen molar-refractivity contribution in [3.63, 3.8) is 0 Å². The molecule has 1 aromatic heterocycles. The van der Waals surface area contributed by atoms with Crippen LogP contribution in [0.1, 0.15) is 26.7 Å². The van der Waals surface area contributed by atoms with Gasteiger partial charge in [0.15, 0.2) is 0 Å². The van der Waals surface area contributed by atoms with E-state index in [2.05, 4.69) is 26.2 Å². The molecular weight excluding hydrogens is 318 g/mol. The third-order valence-corrected chi connectivity index (χ3v) is 3.65. The summed E-state index contributed by atoms with van der Waals surface area (Å²) in [6.07, 6.45) is 3.22. The number of para-hydroxylation sites is 1. The van der Waals surface area contributed by atoms with Crippen molar-refractivity contribution in [2.24, 2.45) is 5.73 Å². The summed E-state index contributed by atoms with van der Waals surface area (Å²) in [4.78, 5) is 16.6. The van der Waals surface area contributed by atoms with Gasteiger partial charge in [-0.2, -0.15) is 0 Å². The highest BCUT2D eigenvalue weighted by molar-refractivity contribution is 9.10. The zero-order chi connectivity index (χ0) is 14.8. The quantitative estimate of drug-likeness (QED) is 0.898. The van der Waals surface area contributed by atoms with Crippen molar-refractivity contribution in [3.8, 4) is 0 Å². The lowest BCUT2D eigenvalue weighted by molar-refractivity contribution is -0.120. The van der Waals surface area contributed by atoms with Gasteiger partial charge in [0.05, 0.1) is 16.7 Å². The van der Waals surface area contributed by atoms with Crippen molar-refractivity contribution < 1.29 is 4.79 Å². The molecule has 0 aliphatic heterocycles. The summed E-state index contributed by atoms with van der Waals surface area (Å²) in [6.45, 7) is 3.76. The number of aromatic nitrogens is 1. The Labute approximate surface area is 126 Å². The fourth-order valence-electron chi connectivity index (χ4n) is 2.13. The normalized spacial score (nSPS) is 14.0. The van der Waals surface area contributed by atoms with Crippen LogP contribution in [0.25, 0.3) is 10.9 Å². The van der Waals surface area contributed by atoms with Crippen molar-refractivity contribution in [1.82, 2.24) is 4.98 Å². The Morgan fingerprint density at radius 2 is 2.25 bits per heavy atom. The Morgan fingerprint density at radius 1 is 1.50 bits per heavy atom. The first-order chi connectivity index (χ1) is 9.44. The van der Waals surface area contributed by atoms with Gasteiger partial charge < -0.3 is 11.1 Å². The molecule has 106 valence electrons. The number of halogens is 1. The lowest BCUT2D eigenvalue weighted by Gasteiger charge is -2.23. The topological polar surface area (TPSA) is 68.0 Å². The Balaban J connectivity index is 2.32. The van der Waals surface area contributed by atoms with E-state index in [0.29, 0.717) is 12.1 Å². The van der Waals surface area contributed by atoms with Gasteiger partial charge in [0.2, 0.25) is 5.91 Å². The first-order valence-electron chi connectivity index (χ1n) is 6.58. The van der Waals surface area contributed by atoms with Crippen molar-refractivity contribution in [2.45, 2.75) is 32.2 Å². The zero-order valence-electron chi connectivity index (χ0n) is 11.6. The third-order valence-electron chi connectivity index (χ3n) is 3.21. The number of amides is 1. The number of anilines is 1. The Morgan fingerprint density at radius 3 is 2.95 bits per heavy atom. The van der Waals surface area contributed by atoms with Crippen LogP contribution in [0.5, 0.6) is 0 Å². The molecule has 0 saturated heterocycles. The van der Waals surface area contributed by atoms with E-state index in [1.165, 1.54) is 0 Å². The van der Waals surface area contributed by atoms with Gasteiger partial charge in [0, 0.05) is 16.1 Å². The van der Waals surface area contributed by atoms with Gasteiger partial charge in [0.25, 0.3) is 0 Å². The highest BCUT2D eigenvalue weighted by atomic mass is 79.9. The van der Waals surface area contributed by atoms with Crippen LogP contribution in [0.3, 0.4) is 0 Å². The van der Waals surface area contributed by atoms with Gasteiger partial charge in [-0.25, -0.2) is 0 Å². The van der Waals surface area contributed by atoms with Crippen molar-refractivity contribution in [2.75, 3.05) is 5.32 Å². The zero-order valence-corrected chi connectivity index (χ0v) is 13.2. The number of benzene rings is 1. The summed E-state index contributed by atoms with van der Waals surface area (Å²) < 4.78 is 0.906. The second kappa shape index (κ2) is 5.89.